The Morgan fingerprint density at radius 3 is 2.31 bits per heavy atom. The molecule has 0 N–H and O–H groups in total. The number of aromatic nitrogens is 3. The van der Waals surface area contributed by atoms with E-state index in [0.29, 0.717) is 13.1 Å². The van der Waals surface area contributed by atoms with Crippen molar-refractivity contribution < 1.29 is 9.72 Å². The lowest BCUT2D eigenvalue weighted by molar-refractivity contribution is -0.384. The summed E-state index contributed by atoms with van der Waals surface area (Å²) in [6.45, 7) is 0.875. The largest absolute Gasteiger partial charge is 0.328 e. The Morgan fingerprint density at radius 2 is 1.79 bits per heavy atom. The predicted molar refractivity (Wildman–Crippen MR) is 110 cm³/mol. The van der Waals surface area contributed by atoms with Gasteiger partial charge in [-0.05, 0) is 35.0 Å². The van der Waals surface area contributed by atoms with Crippen molar-refractivity contribution in [2.45, 2.75) is 13.1 Å². The third-order valence-electron chi connectivity index (χ3n) is 4.23. The van der Waals surface area contributed by atoms with Crippen LogP contribution < -0.4 is 0 Å². The molecular formula is C19H15N5O3S2. The van der Waals surface area contributed by atoms with Gasteiger partial charge in [0.1, 0.15) is 18.3 Å². The third-order valence-corrected chi connectivity index (χ3v) is 5.95. The van der Waals surface area contributed by atoms with Crippen molar-refractivity contribution in [1.82, 2.24) is 19.7 Å². The number of amides is 1. The highest BCUT2D eigenvalue weighted by Crippen LogP contribution is 2.26. The van der Waals surface area contributed by atoms with Gasteiger partial charge >= 0.3 is 0 Å². The molecule has 3 aromatic heterocycles. The van der Waals surface area contributed by atoms with Crippen molar-refractivity contribution in [3.8, 4) is 5.69 Å². The monoisotopic (exact) mass is 425 g/mol. The SMILES string of the molecule is O=C(c1ccc(-n2cncn2)c([N+](=O)[O-])c1)N(Cc1cccs1)Cc1cccs1. The number of nitrogens with zero attached hydrogens (tertiary/aromatic N) is 5. The molecule has 0 atom stereocenters. The van der Waals surface area contributed by atoms with E-state index in [0.717, 1.165) is 9.75 Å². The molecule has 3 heterocycles. The summed E-state index contributed by atoms with van der Waals surface area (Å²) < 4.78 is 1.31. The number of nitro benzene ring substituents is 1. The van der Waals surface area contributed by atoms with Gasteiger partial charge in [0.05, 0.1) is 18.0 Å². The number of thiophene rings is 2. The fraction of sp³-hybridized carbons (Fsp3) is 0.105. The molecule has 1 aromatic carbocycles. The molecule has 0 unspecified atom stereocenters. The lowest BCUT2D eigenvalue weighted by Gasteiger charge is -2.22. The first-order chi connectivity index (χ1) is 14.1. The normalized spacial score (nSPS) is 10.8. The van der Waals surface area contributed by atoms with Crippen molar-refractivity contribution in [3.63, 3.8) is 0 Å². The molecule has 146 valence electrons. The minimum absolute atomic E-state index is 0.200. The van der Waals surface area contributed by atoms with Crippen molar-refractivity contribution in [2.24, 2.45) is 0 Å². The molecule has 4 aromatic rings. The number of nitro groups is 1. The molecule has 0 fully saturated rings. The molecule has 29 heavy (non-hydrogen) atoms. The van der Waals surface area contributed by atoms with Gasteiger partial charge in [0.2, 0.25) is 0 Å². The first-order valence-corrected chi connectivity index (χ1v) is 10.4. The smallest absolute Gasteiger partial charge is 0.295 e. The van der Waals surface area contributed by atoms with Crippen LogP contribution in [0.1, 0.15) is 20.1 Å². The topological polar surface area (TPSA) is 94.2 Å². The Bertz CT molecular complexity index is 1070. The lowest BCUT2D eigenvalue weighted by atomic mass is 10.1. The summed E-state index contributed by atoms with van der Waals surface area (Å²) in [5, 5.41) is 19.5. The molecule has 0 spiro atoms. The number of hydrogen-bond acceptors (Lipinski definition) is 7. The summed E-state index contributed by atoms with van der Waals surface area (Å²) in [6.07, 6.45) is 2.68. The van der Waals surface area contributed by atoms with E-state index >= 15 is 0 Å². The van der Waals surface area contributed by atoms with Gasteiger partial charge < -0.3 is 4.90 Å². The van der Waals surface area contributed by atoms with E-state index in [9.17, 15) is 14.9 Å². The van der Waals surface area contributed by atoms with E-state index in [1.807, 2.05) is 35.0 Å². The van der Waals surface area contributed by atoms with Crippen molar-refractivity contribution in [3.05, 3.63) is 91.3 Å². The number of rotatable bonds is 7. The molecule has 0 radical (unpaired) electrons. The van der Waals surface area contributed by atoms with Crippen LogP contribution in [0.5, 0.6) is 0 Å². The number of carbonyl (C=O) groups excluding carboxylic acids is 1. The van der Waals surface area contributed by atoms with Gasteiger partial charge in [-0.15, -0.1) is 22.7 Å². The van der Waals surface area contributed by atoms with Crippen molar-refractivity contribution >= 4 is 34.3 Å². The van der Waals surface area contributed by atoms with Crippen LogP contribution >= 0.6 is 22.7 Å². The second kappa shape index (κ2) is 8.33. The standard InChI is InChI=1S/C19H15N5O3S2/c25-19(22(10-15-3-1-7-28-15)11-16-4-2-8-29-16)14-5-6-17(18(9-14)24(26)27)23-13-20-12-21-23/h1-9,12-13H,10-11H2. The maximum absolute atomic E-state index is 13.2. The van der Waals surface area contributed by atoms with Crippen molar-refractivity contribution in [2.75, 3.05) is 0 Å². The molecular weight excluding hydrogens is 410 g/mol. The molecule has 0 saturated carbocycles. The molecule has 0 bridgehead atoms. The van der Waals surface area contributed by atoms with Gasteiger partial charge in [-0.2, -0.15) is 5.10 Å². The fourth-order valence-electron chi connectivity index (χ4n) is 2.89. The zero-order valence-corrected chi connectivity index (χ0v) is 16.7. The predicted octanol–water partition coefficient (Wildman–Crippen LogP) is 4.14. The second-order valence-electron chi connectivity index (χ2n) is 6.12. The Kier molecular flexibility index (Phi) is 5.45. The van der Waals surface area contributed by atoms with Crippen LogP contribution in [0.25, 0.3) is 5.69 Å². The molecule has 0 saturated heterocycles. The van der Waals surface area contributed by atoms with Crippen LogP contribution in [-0.2, 0) is 13.1 Å². The van der Waals surface area contributed by atoms with Crippen LogP contribution in [-0.4, -0.2) is 30.5 Å². The van der Waals surface area contributed by atoms with Gasteiger partial charge in [0.25, 0.3) is 11.6 Å². The summed E-state index contributed by atoms with van der Waals surface area (Å²) >= 11 is 3.14. The highest BCUT2D eigenvalue weighted by atomic mass is 32.1. The summed E-state index contributed by atoms with van der Waals surface area (Å²) in [4.78, 5) is 31.9. The molecule has 4 rings (SSSR count). The Balaban J connectivity index is 1.67. The number of hydrogen-bond donors (Lipinski definition) is 0. The van der Waals surface area contributed by atoms with Gasteiger partial charge in [0.15, 0.2) is 0 Å². The average molecular weight is 425 g/mol. The summed E-state index contributed by atoms with van der Waals surface area (Å²) in [5.74, 6) is -0.264. The van der Waals surface area contributed by atoms with Gasteiger partial charge in [-0.1, -0.05) is 12.1 Å². The Labute approximate surface area is 173 Å². The van der Waals surface area contributed by atoms with Crippen LogP contribution in [0.15, 0.2) is 65.9 Å². The first-order valence-electron chi connectivity index (χ1n) is 8.59. The molecule has 1 amide bonds. The van der Waals surface area contributed by atoms with E-state index < -0.39 is 4.92 Å². The van der Waals surface area contributed by atoms with Gasteiger partial charge in [-0.3, -0.25) is 14.9 Å². The molecule has 10 heteroatoms. The third kappa shape index (κ3) is 4.23. The van der Waals surface area contributed by atoms with E-state index in [1.165, 1.54) is 29.5 Å². The number of benzene rings is 1. The number of carbonyl (C=O) groups is 1. The second-order valence-corrected chi connectivity index (χ2v) is 8.19. The van der Waals surface area contributed by atoms with Crippen LogP contribution in [0.4, 0.5) is 5.69 Å². The molecule has 0 aliphatic carbocycles. The Morgan fingerprint density at radius 1 is 1.10 bits per heavy atom. The fourth-order valence-corrected chi connectivity index (χ4v) is 4.33. The summed E-state index contributed by atoms with van der Waals surface area (Å²) in [5.41, 5.74) is 0.314. The average Bonchev–Trinajstić information content (AvgIpc) is 3.49. The molecule has 0 aliphatic rings. The van der Waals surface area contributed by atoms with Crippen molar-refractivity contribution in [1.29, 1.82) is 0 Å². The van der Waals surface area contributed by atoms with E-state index in [4.69, 9.17) is 0 Å². The van der Waals surface area contributed by atoms with Crippen LogP contribution in [0.2, 0.25) is 0 Å². The Hall–Kier alpha value is -3.37. The van der Waals surface area contributed by atoms with Crippen LogP contribution in [0, 0.1) is 10.1 Å². The van der Waals surface area contributed by atoms with Gasteiger partial charge in [-0.25, -0.2) is 9.67 Å². The maximum atomic E-state index is 13.2. The summed E-state index contributed by atoms with van der Waals surface area (Å²) in [6, 6.07) is 12.2. The van der Waals surface area contributed by atoms with E-state index in [2.05, 4.69) is 10.1 Å². The minimum Gasteiger partial charge on any atom is -0.328 e. The van der Waals surface area contributed by atoms with Gasteiger partial charge in [0, 0.05) is 21.4 Å². The lowest BCUT2D eigenvalue weighted by Crippen LogP contribution is -2.29. The van der Waals surface area contributed by atoms with E-state index in [-0.39, 0.29) is 22.8 Å². The highest BCUT2D eigenvalue weighted by Gasteiger charge is 2.23. The molecule has 0 aliphatic heterocycles. The minimum atomic E-state index is -0.517. The van der Waals surface area contributed by atoms with Crippen LogP contribution in [0.3, 0.4) is 0 Å². The maximum Gasteiger partial charge on any atom is 0.295 e. The quantitative estimate of drug-likeness (QED) is 0.328. The first kappa shape index (κ1) is 19.0. The summed E-state index contributed by atoms with van der Waals surface area (Å²) in [7, 11) is 0. The zero-order valence-electron chi connectivity index (χ0n) is 15.0. The zero-order chi connectivity index (χ0) is 20.2. The molecule has 8 nitrogen and oxygen atoms in total. The van der Waals surface area contributed by atoms with E-state index in [1.54, 1.807) is 33.6 Å². The highest BCUT2D eigenvalue weighted by molar-refractivity contribution is 7.10.